The third kappa shape index (κ3) is 4.04. The van der Waals surface area contributed by atoms with Crippen molar-refractivity contribution in [3.8, 4) is 22.5 Å². The van der Waals surface area contributed by atoms with Crippen LogP contribution >= 0.6 is 11.3 Å². The molecule has 1 aromatic carbocycles. The summed E-state index contributed by atoms with van der Waals surface area (Å²) < 4.78 is 7.33. The van der Waals surface area contributed by atoms with Crippen molar-refractivity contribution in [2.75, 3.05) is 6.61 Å². The van der Waals surface area contributed by atoms with Crippen LogP contribution in [0.2, 0.25) is 0 Å². The van der Waals surface area contributed by atoms with Crippen LogP contribution in [-0.4, -0.2) is 37.2 Å². The fourth-order valence-corrected chi connectivity index (χ4v) is 6.54. The molecule has 4 aromatic heterocycles. The van der Waals surface area contributed by atoms with Gasteiger partial charge in [0.05, 0.1) is 41.7 Å². The molecule has 0 spiro atoms. The van der Waals surface area contributed by atoms with Gasteiger partial charge in [0.25, 0.3) is 5.91 Å². The van der Waals surface area contributed by atoms with Gasteiger partial charge in [-0.25, -0.2) is 9.97 Å². The molecule has 1 aliphatic heterocycles. The van der Waals surface area contributed by atoms with Gasteiger partial charge in [-0.15, -0.1) is 11.3 Å². The minimum Gasteiger partial charge on any atom is -0.376 e. The van der Waals surface area contributed by atoms with Gasteiger partial charge in [0.1, 0.15) is 12.0 Å². The first-order valence-corrected chi connectivity index (χ1v) is 13.4. The van der Waals surface area contributed by atoms with Crippen LogP contribution in [0.5, 0.6) is 0 Å². The number of benzene rings is 1. The number of H-pyrrole nitrogens is 1. The summed E-state index contributed by atoms with van der Waals surface area (Å²) in [6, 6.07) is 10.6. The Hall–Kier alpha value is -3.82. The molecular formula is C28H26N6O2S. The number of aryl methyl sites for hydroxylation is 2. The number of carbonyl (C=O) groups is 1. The highest BCUT2D eigenvalue weighted by Crippen LogP contribution is 2.36. The second-order valence-electron chi connectivity index (χ2n) is 9.76. The van der Waals surface area contributed by atoms with Gasteiger partial charge >= 0.3 is 0 Å². The summed E-state index contributed by atoms with van der Waals surface area (Å²) in [5.41, 5.74) is 8.35. The largest absolute Gasteiger partial charge is 0.376 e. The fraction of sp³-hybridized carbons (Fsp3) is 0.286. The molecule has 186 valence electrons. The number of hydrogen-bond donors (Lipinski definition) is 2. The SMILES string of the molecule is Cn1cc(-c2cc3c(-c4ccc5c(c4)CCCC5NC(=O)c4cc5c(s4)CCOC5)ncnc3[nH]2)cn1. The van der Waals surface area contributed by atoms with Crippen LogP contribution in [0, 0.1) is 0 Å². The number of nitrogens with zero attached hydrogens (tertiary/aromatic N) is 4. The Kier molecular flexibility index (Phi) is 5.40. The van der Waals surface area contributed by atoms with E-state index in [0.29, 0.717) is 6.61 Å². The summed E-state index contributed by atoms with van der Waals surface area (Å²) in [7, 11) is 1.91. The molecule has 0 bridgehead atoms. The lowest BCUT2D eigenvalue weighted by molar-refractivity contribution is 0.0936. The van der Waals surface area contributed by atoms with Crippen molar-refractivity contribution in [2.45, 2.75) is 38.3 Å². The smallest absolute Gasteiger partial charge is 0.261 e. The summed E-state index contributed by atoms with van der Waals surface area (Å²) >= 11 is 1.60. The molecular weight excluding hydrogens is 484 g/mol. The standard InChI is InChI=1S/C28H26N6O2S/c1-34-13-19(12-31-34)23-11-21-26(29-15-30-27(21)32-23)17-5-6-20-16(9-17)3-2-4-22(20)33-28(35)25-10-18-14-36-8-7-24(18)37-25/h5-6,9-13,15,22H,2-4,7-8,14H2,1H3,(H,33,35)(H,29,30,32). The molecule has 0 saturated carbocycles. The number of ether oxygens (including phenoxy) is 1. The van der Waals surface area contributed by atoms with Crippen LogP contribution in [0.25, 0.3) is 33.5 Å². The predicted molar refractivity (Wildman–Crippen MR) is 142 cm³/mol. The van der Waals surface area contributed by atoms with E-state index in [9.17, 15) is 4.79 Å². The molecule has 37 heavy (non-hydrogen) atoms. The number of rotatable bonds is 4. The summed E-state index contributed by atoms with van der Waals surface area (Å²) in [5, 5.41) is 8.57. The van der Waals surface area contributed by atoms with Gasteiger partial charge in [-0.1, -0.05) is 12.1 Å². The molecule has 5 heterocycles. The maximum atomic E-state index is 13.1. The number of amides is 1. The Balaban J connectivity index is 1.18. The van der Waals surface area contributed by atoms with Crippen molar-refractivity contribution in [1.29, 1.82) is 0 Å². The first-order valence-electron chi connectivity index (χ1n) is 12.6. The van der Waals surface area contributed by atoms with E-state index >= 15 is 0 Å². The van der Waals surface area contributed by atoms with E-state index in [0.717, 1.165) is 76.3 Å². The average Bonchev–Trinajstić information content (AvgIpc) is 3.66. The predicted octanol–water partition coefficient (Wildman–Crippen LogP) is 4.97. The van der Waals surface area contributed by atoms with Crippen LogP contribution in [0.3, 0.4) is 0 Å². The van der Waals surface area contributed by atoms with Gasteiger partial charge in [-0.3, -0.25) is 9.48 Å². The normalized spacial score (nSPS) is 16.9. The van der Waals surface area contributed by atoms with E-state index in [4.69, 9.17) is 4.74 Å². The Morgan fingerprint density at radius 1 is 1.16 bits per heavy atom. The molecule has 0 saturated heterocycles. The number of aromatic nitrogens is 5. The molecule has 9 heteroatoms. The summed E-state index contributed by atoms with van der Waals surface area (Å²) in [6.45, 7) is 1.34. The first-order chi connectivity index (χ1) is 18.1. The fourth-order valence-electron chi connectivity index (χ4n) is 5.49. The van der Waals surface area contributed by atoms with Crippen LogP contribution in [0.1, 0.15) is 50.1 Å². The molecule has 0 fully saturated rings. The quantitative estimate of drug-likeness (QED) is 0.356. The summed E-state index contributed by atoms with van der Waals surface area (Å²) in [4.78, 5) is 27.7. The molecule has 7 rings (SSSR count). The molecule has 1 atom stereocenters. The lowest BCUT2D eigenvalue weighted by Gasteiger charge is -2.27. The van der Waals surface area contributed by atoms with Gasteiger partial charge in [0, 0.05) is 41.1 Å². The highest BCUT2D eigenvalue weighted by molar-refractivity contribution is 7.14. The van der Waals surface area contributed by atoms with E-state index in [1.807, 2.05) is 25.5 Å². The van der Waals surface area contributed by atoms with E-state index in [-0.39, 0.29) is 11.9 Å². The first kappa shape index (κ1) is 22.4. The lowest BCUT2D eigenvalue weighted by atomic mass is 9.86. The van der Waals surface area contributed by atoms with Gasteiger partial charge in [-0.05, 0) is 54.2 Å². The van der Waals surface area contributed by atoms with Crippen molar-refractivity contribution >= 4 is 28.3 Å². The highest BCUT2D eigenvalue weighted by Gasteiger charge is 2.25. The topological polar surface area (TPSA) is 97.7 Å². The van der Waals surface area contributed by atoms with Crippen molar-refractivity contribution in [2.24, 2.45) is 7.05 Å². The number of aromatic amines is 1. The van der Waals surface area contributed by atoms with Crippen LogP contribution < -0.4 is 5.32 Å². The molecule has 1 unspecified atom stereocenters. The lowest BCUT2D eigenvalue weighted by Crippen LogP contribution is -2.30. The second kappa shape index (κ2) is 8.93. The van der Waals surface area contributed by atoms with E-state index in [2.05, 4.69) is 49.6 Å². The van der Waals surface area contributed by atoms with Crippen molar-refractivity contribution < 1.29 is 9.53 Å². The number of thiophene rings is 1. The monoisotopic (exact) mass is 510 g/mol. The summed E-state index contributed by atoms with van der Waals surface area (Å²) in [5.74, 6) is 0.00842. The maximum Gasteiger partial charge on any atom is 0.261 e. The highest BCUT2D eigenvalue weighted by atomic mass is 32.1. The number of hydrogen-bond acceptors (Lipinski definition) is 6. The minimum absolute atomic E-state index is 0.00842. The third-order valence-corrected chi connectivity index (χ3v) is 8.56. The molecule has 1 aliphatic carbocycles. The minimum atomic E-state index is 0.00842. The maximum absolute atomic E-state index is 13.1. The zero-order valence-corrected chi connectivity index (χ0v) is 21.3. The number of nitrogens with one attached hydrogen (secondary N) is 2. The zero-order valence-electron chi connectivity index (χ0n) is 20.5. The molecule has 2 N–H and O–H groups in total. The van der Waals surface area contributed by atoms with Crippen LogP contribution in [0.15, 0.2) is 49.1 Å². The van der Waals surface area contributed by atoms with Gasteiger partial charge < -0.3 is 15.0 Å². The van der Waals surface area contributed by atoms with Crippen molar-refractivity contribution in [3.05, 3.63) is 75.5 Å². The second-order valence-corrected chi connectivity index (χ2v) is 10.9. The van der Waals surface area contributed by atoms with E-state index in [1.165, 1.54) is 16.0 Å². The Morgan fingerprint density at radius 3 is 2.97 bits per heavy atom. The zero-order chi connectivity index (χ0) is 24.9. The molecule has 2 aliphatic rings. The van der Waals surface area contributed by atoms with Gasteiger partial charge in [-0.2, -0.15) is 5.10 Å². The third-order valence-electron chi connectivity index (χ3n) is 7.33. The van der Waals surface area contributed by atoms with Crippen LogP contribution in [0.4, 0.5) is 0 Å². The Bertz CT molecular complexity index is 1620. The average molecular weight is 511 g/mol. The van der Waals surface area contributed by atoms with Crippen molar-refractivity contribution in [3.63, 3.8) is 0 Å². The number of fused-ring (bicyclic) bond motifs is 3. The van der Waals surface area contributed by atoms with E-state index < -0.39 is 0 Å². The van der Waals surface area contributed by atoms with E-state index in [1.54, 1.807) is 22.3 Å². The molecule has 1 amide bonds. The van der Waals surface area contributed by atoms with Gasteiger partial charge in [0.2, 0.25) is 0 Å². The molecule has 5 aromatic rings. The Morgan fingerprint density at radius 2 is 2.11 bits per heavy atom. The van der Waals surface area contributed by atoms with Crippen molar-refractivity contribution in [1.82, 2.24) is 30.0 Å². The Labute approximate surface area is 217 Å². The molecule has 8 nitrogen and oxygen atoms in total. The number of carbonyl (C=O) groups excluding carboxylic acids is 1. The van der Waals surface area contributed by atoms with Gasteiger partial charge in [0.15, 0.2) is 0 Å². The molecule has 0 radical (unpaired) electrons. The van der Waals surface area contributed by atoms with Crippen LogP contribution in [-0.2, 0) is 31.2 Å². The summed E-state index contributed by atoms with van der Waals surface area (Å²) in [6.07, 6.45) is 9.27.